The first-order chi connectivity index (χ1) is 6.51. The first-order valence-electron chi connectivity index (χ1n) is 4.49. The summed E-state index contributed by atoms with van der Waals surface area (Å²) in [4.78, 5) is 0.863. The van der Waals surface area contributed by atoms with Crippen molar-refractivity contribution in [3.8, 4) is 5.75 Å². The smallest absolute Gasteiger partial charge is 0.129 e. The van der Waals surface area contributed by atoms with Crippen molar-refractivity contribution in [2.75, 3.05) is 12.9 Å². The Bertz CT molecular complexity index is 321. The molecule has 0 unspecified atom stereocenters. The molecule has 2 nitrogen and oxygen atoms in total. The Hall–Kier alpha value is -0.670. The zero-order valence-corrected chi connectivity index (χ0v) is 9.56. The first kappa shape index (κ1) is 11.4. The Morgan fingerprint density at radius 3 is 2.43 bits per heavy atom. The average Bonchev–Trinajstić information content (AvgIpc) is 2.17. The summed E-state index contributed by atoms with van der Waals surface area (Å²) in [6.45, 7) is 3.96. The van der Waals surface area contributed by atoms with Crippen molar-refractivity contribution in [3.05, 3.63) is 23.8 Å². The second kappa shape index (κ2) is 4.24. The van der Waals surface area contributed by atoms with E-state index in [4.69, 9.17) is 0 Å². The predicted octanol–water partition coefficient (Wildman–Crippen LogP) is 2.38. The molecule has 0 saturated carbocycles. The second-order valence-corrected chi connectivity index (χ2v) is 4.78. The van der Waals surface area contributed by atoms with E-state index in [1.165, 1.54) is 11.8 Å². The van der Waals surface area contributed by atoms with E-state index in [9.17, 15) is 10.2 Å². The van der Waals surface area contributed by atoms with Gasteiger partial charge in [-0.2, -0.15) is 0 Å². The van der Waals surface area contributed by atoms with Gasteiger partial charge in [0.15, 0.2) is 0 Å². The Morgan fingerprint density at radius 1 is 1.36 bits per heavy atom. The molecule has 0 saturated heterocycles. The van der Waals surface area contributed by atoms with Crippen LogP contribution in [0.3, 0.4) is 0 Å². The maximum absolute atomic E-state index is 9.65. The van der Waals surface area contributed by atoms with Gasteiger partial charge in [-0.3, -0.25) is 0 Å². The molecule has 0 amide bonds. The maximum atomic E-state index is 9.65. The fourth-order valence-electron chi connectivity index (χ4n) is 1.20. The summed E-state index contributed by atoms with van der Waals surface area (Å²) in [6.07, 6.45) is 1.92. The zero-order chi connectivity index (χ0) is 10.8. The van der Waals surface area contributed by atoms with E-state index in [1.807, 2.05) is 32.2 Å². The molecular formula is C11H16O2S. The fraction of sp³-hybridized carbons (Fsp3) is 0.455. The fourth-order valence-corrected chi connectivity index (χ4v) is 1.67. The Labute approximate surface area is 89.0 Å². The molecule has 1 aromatic rings. The molecule has 78 valence electrons. The Balaban J connectivity index is 3.08. The minimum atomic E-state index is -0.297. The number of aromatic hydroxyl groups is 1. The van der Waals surface area contributed by atoms with E-state index < -0.39 is 0 Å². The van der Waals surface area contributed by atoms with Crippen LogP contribution in [0.2, 0.25) is 0 Å². The van der Waals surface area contributed by atoms with Crippen LogP contribution in [-0.2, 0) is 5.41 Å². The number of phenols is 1. The van der Waals surface area contributed by atoms with Gasteiger partial charge in [-0.25, -0.2) is 0 Å². The van der Waals surface area contributed by atoms with Crippen LogP contribution in [-0.4, -0.2) is 23.1 Å². The summed E-state index contributed by atoms with van der Waals surface area (Å²) in [7, 11) is 0. The van der Waals surface area contributed by atoms with Crippen LogP contribution in [0.1, 0.15) is 19.4 Å². The number of aliphatic hydroxyl groups is 1. The van der Waals surface area contributed by atoms with E-state index in [-0.39, 0.29) is 17.8 Å². The van der Waals surface area contributed by atoms with Gasteiger partial charge in [-0.05, 0) is 24.0 Å². The lowest BCUT2D eigenvalue weighted by molar-refractivity contribution is 0.218. The van der Waals surface area contributed by atoms with Crippen LogP contribution in [0.4, 0.5) is 0 Å². The van der Waals surface area contributed by atoms with Gasteiger partial charge in [0.25, 0.3) is 0 Å². The molecule has 0 radical (unpaired) electrons. The lowest BCUT2D eigenvalue weighted by atomic mass is 9.85. The molecule has 0 bridgehead atoms. The van der Waals surface area contributed by atoms with E-state index in [2.05, 4.69) is 0 Å². The Morgan fingerprint density at radius 2 is 2.00 bits per heavy atom. The minimum Gasteiger partial charge on any atom is -0.507 e. The molecule has 0 aliphatic rings. The van der Waals surface area contributed by atoms with E-state index in [0.29, 0.717) is 0 Å². The summed E-state index contributed by atoms with van der Waals surface area (Å²) in [6, 6.07) is 5.55. The number of hydrogen-bond donors (Lipinski definition) is 2. The van der Waals surface area contributed by atoms with Crippen LogP contribution in [0.15, 0.2) is 23.1 Å². The molecule has 1 rings (SSSR count). The Kier molecular flexibility index (Phi) is 3.45. The lowest BCUT2D eigenvalue weighted by Gasteiger charge is -2.22. The number of hydrogen-bond acceptors (Lipinski definition) is 3. The molecular weight excluding hydrogens is 196 g/mol. The van der Waals surface area contributed by atoms with Crippen LogP contribution in [0, 0.1) is 0 Å². The van der Waals surface area contributed by atoms with Gasteiger partial charge in [-0.15, -0.1) is 11.8 Å². The molecule has 0 fully saturated rings. The number of benzene rings is 1. The van der Waals surface area contributed by atoms with Gasteiger partial charge < -0.3 is 10.2 Å². The van der Waals surface area contributed by atoms with Crippen molar-refractivity contribution in [2.45, 2.75) is 24.2 Å². The molecule has 14 heavy (non-hydrogen) atoms. The van der Waals surface area contributed by atoms with Crippen LogP contribution < -0.4 is 0 Å². The summed E-state index contributed by atoms with van der Waals surface area (Å²) >= 11 is 1.51. The third-order valence-electron chi connectivity index (χ3n) is 2.36. The molecule has 0 aliphatic carbocycles. The highest BCUT2D eigenvalue weighted by molar-refractivity contribution is 7.98. The third kappa shape index (κ3) is 2.22. The molecule has 1 aromatic carbocycles. The summed E-state index contributed by atoms with van der Waals surface area (Å²) < 4.78 is 0. The number of aliphatic hydroxyl groups excluding tert-OH is 1. The van der Waals surface area contributed by atoms with Crippen molar-refractivity contribution < 1.29 is 10.2 Å². The monoisotopic (exact) mass is 212 g/mol. The van der Waals surface area contributed by atoms with Gasteiger partial charge in [0.05, 0.1) is 6.61 Å². The largest absolute Gasteiger partial charge is 0.507 e. The van der Waals surface area contributed by atoms with Crippen molar-refractivity contribution in [3.63, 3.8) is 0 Å². The summed E-state index contributed by atoms with van der Waals surface area (Å²) in [5, 5.41) is 18.8. The van der Waals surface area contributed by atoms with E-state index >= 15 is 0 Å². The quantitative estimate of drug-likeness (QED) is 0.756. The van der Waals surface area contributed by atoms with Crippen molar-refractivity contribution in [1.29, 1.82) is 0 Å². The summed E-state index contributed by atoms with van der Waals surface area (Å²) in [5.41, 5.74) is 0.657. The number of thioether (sulfide) groups is 1. The van der Waals surface area contributed by atoms with E-state index in [0.717, 1.165) is 10.5 Å². The predicted molar refractivity (Wildman–Crippen MR) is 60.0 cm³/mol. The third-order valence-corrected chi connectivity index (χ3v) is 3.14. The van der Waals surface area contributed by atoms with Crippen molar-refractivity contribution in [1.82, 2.24) is 0 Å². The van der Waals surface area contributed by atoms with Crippen molar-refractivity contribution in [2.24, 2.45) is 0 Å². The minimum absolute atomic E-state index is 0.0745. The average molecular weight is 212 g/mol. The molecule has 0 atom stereocenters. The highest BCUT2D eigenvalue weighted by Crippen LogP contribution is 2.32. The molecule has 0 heterocycles. The number of phenolic OH excluding ortho intramolecular Hbond substituents is 1. The van der Waals surface area contributed by atoms with Gasteiger partial charge in [0.1, 0.15) is 5.75 Å². The maximum Gasteiger partial charge on any atom is 0.129 e. The van der Waals surface area contributed by atoms with Crippen molar-refractivity contribution >= 4 is 11.8 Å². The highest BCUT2D eigenvalue weighted by Gasteiger charge is 2.20. The molecule has 3 heteroatoms. The number of rotatable bonds is 3. The van der Waals surface area contributed by atoms with Gasteiger partial charge in [0, 0.05) is 10.3 Å². The van der Waals surface area contributed by atoms with E-state index in [1.54, 1.807) is 6.07 Å². The van der Waals surface area contributed by atoms with Gasteiger partial charge in [-0.1, -0.05) is 19.9 Å². The lowest BCUT2D eigenvalue weighted by Crippen LogP contribution is -2.21. The topological polar surface area (TPSA) is 40.5 Å². The molecule has 0 aliphatic heterocycles. The molecule has 2 N–H and O–H groups in total. The SMILES string of the molecule is CSc1ccc(C(C)(C)CO)cc1O. The molecule has 0 spiro atoms. The van der Waals surface area contributed by atoms with Gasteiger partial charge in [0.2, 0.25) is 0 Å². The van der Waals surface area contributed by atoms with Crippen LogP contribution in [0.25, 0.3) is 0 Å². The standard InChI is InChI=1S/C11H16O2S/c1-11(2,7-12)8-4-5-10(14-3)9(13)6-8/h4-6,12-13H,7H2,1-3H3. The van der Waals surface area contributed by atoms with Crippen LogP contribution >= 0.6 is 11.8 Å². The normalized spacial score (nSPS) is 11.7. The van der Waals surface area contributed by atoms with Gasteiger partial charge >= 0.3 is 0 Å². The molecule has 0 aromatic heterocycles. The second-order valence-electron chi connectivity index (χ2n) is 3.93. The highest BCUT2D eigenvalue weighted by atomic mass is 32.2. The zero-order valence-electron chi connectivity index (χ0n) is 8.74. The summed E-state index contributed by atoms with van der Waals surface area (Å²) in [5.74, 6) is 0.288. The van der Waals surface area contributed by atoms with Crippen LogP contribution in [0.5, 0.6) is 5.75 Å². The first-order valence-corrected chi connectivity index (χ1v) is 5.72.